The van der Waals surface area contributed by atoms with Gasteiger partial charge >= 0.3 is 0 Å². The summed E-state index contributed by atoms with van der Waals surface area (Å²) in [7, 11) is 0. The third kappa shape index (κ3) is 2.21. The highest BCUT2D eigenvalue weighted by atomic mass is 16.3. The van der Waals surface area contributed by atoms with Crippen molar-refractivity contribution < 1.29 is 5.11 Å². The van der Waals surface area contributed by atoms with Crippen LogP contribution >= 0.6 is 0 Å². The van der Waals surface area contributed by atoms with E-state index in [1.807, 2.05) is 0 Å². The molecule has 0 unspecified atom stereocenters. The molecule has 0 heterocycles. The zero-order valence-corrected chi connectivity index (χ0v) is 5.77. The Hall–Kier alpha value is -1.64. The average Bonchev–Trinajstić information content (AvgIpc) is 1.96. The molecule has 0 aromatic carbocycles. The van der Waals surface area contributed by atoms with E-state index in [4.69, 9.17) is 5.11 Å². The van der Waals surface area contributed by atoms with Gasteiger partial charge in [0.05, 0.1) is 0 Å². The minimum absolute atomic E-state index is 0.155. The lowest BCUT2D eigenvalue weighted by atomic mass is 10.2. The standard InChI is InChI=1S/C8H7NO2/c10-8-5-1-3-7(9-11)4-2-6-8/h1-6,10H/b3-1-,4-2?,5-1?,6-2-,7-3?,7-4+,8-5+,8-6?. The predicted molar refractivity (Wildman–Crippen MR) is 42.9 cm³/mol. The van der Waals surface area contributed by atoms with Gasteiger partial charge in [0.25, 0.3) is 0 Å². The number of nitrogens with zero attached hydrogens (tertiary/aromatic N) is 1. The molecule has 3 heteroatoms. The summed E-state index contributed by atoms with van der Waals surface area (Å²) >= 11 is 0. The number of allylic oxidation sites excluding steroid dienone is 6. The van der Waals surface area contributed by atoms with Crippen LogP contribution in [0.4, 0.5) is 0 Å². The molecule has 0 aromatic heterocycles. The molecule has 0 fully saturated rings. The molecule has 1 aliphatic carbocycles. The Morgan fingerprint density at radius 3 is 2.64 bits per heavy atom. The zero-order valence-electron chi connectivity index (χ0n) is 5.77. The van der Waals surface area contributed by atoms with E-state index >= 15 is 0 Å². The average molecular weight is 149 g/mol. The van der Waals surface area contributed by atoms with Crippen LogP contribution in [-0.4, -0.2) is 5.11 Å². The molecule has 3 nitrogen and oxygen atoms in total. The van der Waals surface area contributed by atoms with E-state index in [0.29, 0.717) is 5.70 Å². The largest absolute Gasteiger partial charge is 0.508 e. The van der Waals surface area contributed by atoms with Crippen molar-refractivity contribution in [1.29, 1.82) is 0 Å². The van der Waals surface area contributed by atoms with Crippen LogP contribution in [-0.2, 0) is 0 Å². The van der Waals surface area contributed by atoms with E-state index in [9.17, 15) is 4.91 Å². The van der Waals surface area contributed by atoms with Gasteiger partial charge in [0.2, 0.25) is 0 Å². The molecule has 1 rings (SSSR count). The molecular formula is C8H7NO2. The number of aliphatic hydroxyl groups excluding tert-OH is 1. The number of aliphatic hydroxyl groups is 1. The molecule has 0 spiro atoms. The Bertz CT molecular complexity index is 272. The minimum atomic E-state index is 0.155. The van der Waals surface area contributed by atoms with Crippen molar-refractivity contribution in [3.63, 3.8) is 0 Å². The molecule has 11 heavy (non-hydrogen) atoms. The molecule has 1 N–H and O–H groups in total. The van der Waals surface area contributed by atoms with Gasteiger partial charge in [0.15, 0.2) is 0 Å². The van der Waals surface area contributed by atoms with Crippen LogP contribution in [0.3, 0.4) is 0 Å². The Morgan fingerprint density at radius 2 is 1.91 bits per heavy atom. The van der Waals surface area contributed by atoms with Crippen molar-refractivity contribution in [2.75, 3.05) is 0 Å². The summed E-state index contributed by atoms with van der Waals surface area (Å²) in [5, 5.41) is 11.7. The minimum Gasteiger partial charge on any atom is -0.508 e. The Labute approximate surface area is 64.0 Å². The van der Waals surface area contributed by atoms with E-state index in [0.717, 1.165) is 0 Å². The maximum absolute atomic E-state index is 10.0. The molecule has 0 bridgehead atoms. The Kier molecular flexibility index (Phi) is 2.38. The second kappa shape index (κ2) is 3.51. The van der Waals surface area contributed by atoms with Crippen molar-refractivity contribution >= 4 is 0 Å². The number of rotatable bonds is 1. The SMILES string of the molecule is O=NC1=C/C=C\C(O)=C/C=C\1. The van der Waals surface area contributed by atoms with Crippen LogP contribution in [0, 0.1) is 4.91 Å². The maximum atomic E-state index is 10.0. The molecule has 56 valence electrons. The third-order valence-corrected chi connectivity index (χ3v) is 1.17. The Balaban J connectivity index is 2.87. The second-order valence-electron chi connectivity index (χ2n) is 1.99. The first kappa shape index (κ1) is 7.47. The molecule has 0 amide bonds. The first-order valence-electron chi connectivity index (χ1n) is 3.12. The van der Waals surface area contributed by atoms with E-state index in [-0.39, 0.29) is 5.76 Å². The molecule has 0 saturated carbocycles. The summed E-state index contributed by atoms with van der Waals surface area (Å²) in [6, 6.07) is 0. The molecule has 0 saturated heterocycles. The summed E-state index contributed by atoms with van der Waals surface area (Å²) in [4.78, 5) is 10.0. The summed E-state index contributed by atoms with van der Waals surface area (Å²) in [6.07, 6.45) is 9.13. The highest BCUT2D eigenvalue weighted by Crippen LogP contribution is 2.04. The molecule has 1 aliphatic rings. The lowest BCUT2D eigenvalue weighted by molar-refractivity contribution is 0.432. The van der Waals surface area contributed by atoms with Gasteiger partial charge in [0, 0.05) is 0 Å². The quantitative estimate of drug-likeness (QED) is 0.581. The van der Waals surface area contributed by atoms with Gasteiger partial charge in [-0.15, -0.1) is 4.91 Å². The van der Waals surface area contributed by atoms with Crippen LogP contribution in [0.25, 0.3) is 0 Å². The molecule has 0 aromatic rings. The smallest absolute Gasteiger partial charge is 0.115 e. The topological polar surface area (TPSA) is 49.7 Å². The highest BCUT2D eigenvalue weighted by Gasteiger charge is 1.89. The molecular weight excluding hydrogens is 142 g/mol. The summed E-state index contributed by atoms with van der Waals surface area (Å²) in [5.41, 5.74) is 0.338. The van der Waals surface area contributed by atoms with E-state index in [1.54, 1.807) is 12.2 Å². The van der Waals surface area contributed by atoms with Crippen LogP contribution in [0.1, 0.15) is 0 Å². The first-order valence-corrected chi connectivity index (χ1v) is 3.12. The summed E-state index contributed by atoms with van der Waals surface area (Å²) < 4.78 is 0. The third-order valence-electron chi connectivity index (χ3n) is 1.17. The monoisotopic (exact) mass is 149 g/mol. The fraction of sp³-hybridized carbons (Fsp3) is 0. The van der Waals surface area contributed by atoms with Crippen LogP contribution in [0.5, 0.6) is 0 Å². The van der Waals surface area contributed by atoms with E-state index < -0.39 is 0 Å². The highest BCUT2D eigenvalue weighted by molar-refractivity contribution is 5.31. The normalized spacial score (nSPS) is 31.6. The number of nitroso groups, excluding NO2 is 1. The van der Waals surface area contributed by atoms with Gasteiger partial charge in [-0.25, -0.2) is 0 Å². The first-order chi connectivity index (χ1) is 5.33. The Morgan fingerprint density at radius 1 is 1.18 bits per heavy atom. The van der Waals surface area contributed by atoms with Crippen molar-refractivity contribution in [1.82, 2.24) is 0 Å². The van der Waals surface area contributed by atoms with Crippen LogP contribution < -0.4 is 0 Å². The maximum Gasteiger partial charge on any atom is 0.115 e. The van der Waals surface area contributed by atoms with Gasteiger partial charge in [-0.3, -0.25) is 0 Å². The molecule has 0 radical (unpaired) electrons. The van der Waals surface area contributed by atoms with Crippen LogP contribution in [0.2, 0.25) is 0 Å². The van der Waals surface area contributed by atoms with Gasteiger partial charge in [-0.2, -0.15) is 0 Å². The number of hydrogen-bond acceptors (Lipinski definition) is 3. The fourth-order valence-corrected chi connectivity index (χ4v) is 0.663. The van der Waals surface area contributed by atoms with Crippen molar-refractivity contribution in [3.05, 3.63) is 52.8 Å². The fourth-order valence-electron chi connectivity index (χ4n) is 0.663. The predicted octanol–water partition coefficient (Wildman–Crippen LogP) is 2.20. The van der Waals surface area contributed by atoms with E-state index in [1.165, 1.54) is 24.3 Å². The molecule has 0 atom stereocenters. The van der Waals surface area contributed by atoms with Gasteiger partial charge in [0.1, 0.15) is 11.5 Å². The summed E-state index contributed by atoms with van der Waals surface area (Å²) in [6.45, 7) is 0. The molecule has 0 aliphatic heterocycles. The van der Waals surface area contributed by atoms with Crippen LogP contribution in [0.15, 0.2) is 53.1 Å². The van der Waals surface area contributed by atoms with Crippen molar-refractivity contribution in [2.24, 2.45) is 5.18 Å². The van der Waals surface area contributed by atoms with Gasteiger partial charge in [-0.1, -0.05) is 12.2 Å². The zero-order chi connectivity index (χ0) is 8.10. The van der Waals surface area contributed by atoms with Crippen molar-refractivity contribution in [2.45, 2.75) is 0 Å². The van der Waals surface area contributed by atoms with Gasteiger partial charge < -0.3 is 5.11 Å². The lowest BCUT2D eigenvalue weighted by Crippen LogP contribution is -1.76. The van der Waals surface area contributed by atoms with E-state index in [2.05, 4.69) is 5.18 Å². The van der Waals surface area contributed by atoms with Crippen molar-refractivity contribution in [3.8, 4) is 0 Å². The lowest BCUT2D eigenvalue weighted by Gasteiger charge is -1.90. The van der Waals surface area contributed by atoms with Gasteiger partial charge in [-0.05, 0) is 29.5 Å². The second-order valence-corrected chi connectivity index (χ2v) is 1.99. The summed E-state index contributed by atoms with van der Waals surface area (Å²) in [5.74, 6) is 0.155. The number of hydrogen-bond donors (Lipinski definition) is 1.